The third-order valence-corrected chi connectivity index (χ3v) is 3.02. The number of ether oxygens (including phenoxy) is 2. The molecule has 0 heterocycles. The summed E-state index contributed by atoms with van der Waals surface area (Å²) in [5.41, 5.74) is 2.34. The number of methoxy groups -OCH3 is 1. The van der Waals surface area contributed by atoms with Crippen molar-refractivity contribution in [3.63, 3.8) is 0 Å². The van der Waals surface area contributed by atoms with E-state index in [0.717, 1.165) is 11.1 Å². The first-order valence-corrected chi connectivity index (χ1v) is 6.77. The Hall–Kier alpha value is -2.55. The van der Waals surface area contributed by atoms with Gasteiger partial charge < -0.3 is 9.47 Å². The predicted molar refractivity (Wildman–Crippen MR) is 83.3 cm³/mol. The quantitative estimate of drug-likeness (QED) is 0.775. The van der Waals surface area contributed by atoms with Crippen molar-refractivity contribution >= 4 is 12.0 Å². The van der Waals surface area contributed by atoms with Gasteiger partial charge >= 0.3 is 5.97 Å². The van der Waals surface area contributed by atoms with Crippen LogP contribution in [0.5, 0.6) is 5.75 Å². The van der Waals surface area contributed by atoms with Crippen LogP contribution in [0.1, 0.15) is 28.4 Å². The Morgan fingerprint density at radius 1 is 1.10 bits per heavy atom. The minimum atomic E-state index is -0.399. The second-order valence-corrected chi connectivity index (χ2v) is 4.49. The number of rotatable bonds is 5. The van der Waals surface area contributed by atoms with E-state index in [-0.39, 0.29) is 0 Å². The average molecular weight is 282 g/mol. The molecule has 0 bridgehead atoms. The molecule has 0 atom stereocenters. The van der Waals surface area contributed by atoms with E-state index in [2.05, 4.69) is 0 Å². The number of carbonyl (C=O) groups excluding carboxylic acids is 1. The Morgan fingerprint density at radius 2 is 1.86 bits per heavy atom. The standard InChI is InChI=1S/C18H18O3/c1-3-8-15-11-7-12-16(18(19)20-2)17(15)21-13-14-9-5-4-6-10-14/h3-12H,13H2,1-2H3. The maximum atomic E-state index is 11.9. The molecular weight excluding hydrogens is 264 g/mol. The predicted octanol–water partition coefficient (Wildman–Crippen LogP) is 4.09. The summed E-state index contributed by atoms with van der Waals surface area (Å²) in [4.78, 5) is 11.9. The average Bonchev–Trinajstić information content (AvgIpc) is 2.54. The van der Waals surface area contributed by atoms with Crippen molar-refractivity contribution in [3.8, 4) is 5.75 Å². The maximum absolute atomic E-state index is 11.9. The summed E-state index contributed by atoms with van der Waals surface area (Å²) in [6, 6.07) is 15.3. The lowest BCUT2D eigenvalue weighted by Crippen LogP contribution is -2.07. The fourth-order valence-electron chi connectivity index (χ4n) is 2.03. The molecule has 2 aromatic rings. The lowest BCUT2D eigenvalue weighted by molar-refractivity contribution is 0.0595. The summed E-state index contributed by atoms with van der Waals surface area (Å²) < 4.78 is 10.7. The number of benzene rings is 2. The molecule has 3 nitrogen and oxygen atoms in total. The molecular formula is C18H18O3. The summed E-state index contributed by atoms with van der Waals surface area (Å²) in [5, 5.41) is 0. The highest BCUT2D eigenvalue weighted by Crippen LogP contribution is 2.27. The molecule has 2 aromatic carbocycles. The van der Waals surface area contributed by atoms with Crippen LogP contribution in [0, 0.1) is 0 Å². The van der Waals surface area contributed by atoms with Crippen molar-refractivity contribution in [1.29, 1.82) is 0 Å². The van der Waals surface area contributed by atoms with E-state index >= 15 is 0 Å². The molecule has 0 aliphatic carbocycles. The molecule has 0 fully saturated rings. The van der Waals surface area contributed by atoms with Gasteiger partial charge in [-0.25, -0.2) is 4.79 Å². The third-order valence-electron chi connectivity index (χ3n) is 3.02. The zero-order valence-corrected chi connectivity index (χ0v) is 12.2. The minimum Gasteiger partial charge on any atom is -0.487 e. The van der Waals surface area contributed by atoms with Crippen molar-refractivity contribution in [2.24, 2.45) is 0 Å². The summed E-state index contributed by atoms with van der Waals surface area (Å²) in [5.74, 6) is 0.149. The Bertz CT molecular complexity index is 630. The van der Waals surface area contributed by atoms with E-state index in [9.17, 15) is 4.79 Å². The zero-order chi connectivity index (χ0) is 15.1. The summed E-state index contributed by atoms with van der Waals surface area (Å²) >= 11 is 0. The van der Waals surface area contributed by atoms with Gasteiger partial charge in [-0.3, -0.25) is 0 Å². The van der Waals surface area contributed by atoms with Crippen LogP contribution < -0.4 is 4.74 Å². The number of hydrogen-bond acceptors (Lipinski definition) is 3. The normalized spacial score (nSPS) is 10.6. The fourth-order valence-corrected chi connectivity index (χ4v) is 2.03. The molecule has 108 valence electrons. The topological polar surface area (TPSA) is 35.5 Å². The van der Waals surface area contributed by atoms with Gasteiger partial charge in [-0.05, 0) is 18.6 Å². The molecule has 0 aliphatic rings. The lowest BCUT2D eigenvalue weighted by Gasteiger charge is -2.13. The van der Waals surface area contributed by atoms with Gasteiger partial charge in [-0.1, -0.05) is 54.6 Å². The van der Waals surface area contributed by atoms with Gasteiger partial charge in [0.05, 0.1) is 7.11 Å². The van der Waals surface area contributed by atoms with Gasteiger partial charge in [-0.2, -0.15) is 0 Å². The second kappa shape index (κ2) is 7.29. The number of carbonyl (C=O) groups is 1. The molecule has 2 rings (SSSR count). The molecule has 0 amide bonds. The van der Waals surface area contributed by atoms with Crippen molar-refractivity contribution in [1.82, 2.24) is 0 Å². The largest absolute Gasteiger partial charge is 0.487 e. The van der Waals surface area contributed by atoms with Gasteiger partial charge in [0, 0.05) is 5.56 Å². The van der Waals surface area contributed by atoms with E-state index in [4.69, 9.17) is 9.47 Å². The van der Waals surface area contributed by atoms with E-state index in [0.29, 0.717) is 17.9 Å². The van der Waals surface area contributed by atoms with Crippen LogP contribution in [-0.4, -0.2) is 13.1 Å². The first-order valence-electron chi connectivity index (χ1n) is 6.77. The Labute approximate surface area is 124 Å². The first kappa shape index (κ1) is 14.9. The van der Waals surface area contributed by atoms with Gasteiger partial charge in [0.2, 0.25) is 0 Å². The summed E-state index contributed by atoms with van der Waals surface area (Å²) in [6.07, 6.45) is 3.82. The highest BCUT2D eigenvalue weighted by atomic mass is 16.5. The van der Waals surface area contributed by atoms with Crippen molar-refractivity contribution in [2.75, 3.05) is 7.11 Å². The highest BCUT2D eigenvalue weighted by Gasteiger charge is 2.15. The SMILES string of the molecule is CC=Cc1cccc(C(=O)OC)c1OCc1ccccc1. The van der Waals surface area contributed by atoms with Crippen molar-refractivity contribution in [3.05, 3.63) is 71.3 Å². The molecule has 0 aliphatic heterocycles. The van der Waals surface area contributed by atoms with E-state index in [1.54, 1.807) is 6.07 Å². The Morgan fingerprint density at radius 3 is 2.52 bits per heavy atom. The molecule has 0 N–H and O–H groups in total. The van der Waals surface area contributed by atoms with Gasteiger partial charge in [0.1, 0.15) is 17.9 Å². The monoisotopic (exact) mass is 282 g/mol. The highest BCUT2D eigenvalue weighted by molar-refractivity contribution is 5.93. The molecule has 0 saturated carbocycles. The van der Waals surface area contributed by atoms with Crippen LogP contribution in [0.25, 0.3) is 6.08 Å². The van der Waals surface area contributed by atoms with Crippen LogP contribution in [0.2, 0.25) is 0 Å². The molecule has 21 heavy (non-hydrogen) atoms. The zero-order valence-electron chi connectivity index (χ0n) is 12.2. The minimum absolute atomic E-state index is 0.399. The number of hydrogen-bond donors (Lipinski definition) is 0. The van der Waals surface area contributed by atoms with E-state index < -0.39 is 5.97 Å². The van der Waals surface area contributed by atoms with E-state index in [1.807, 2.05) is 61.5 Å². The third kappa shape index (κ3) is 3.72. The first-order chi connectivity index (χ1) is 10.3. The van der Waals surface area contributed by atoms with Gasteiger partial charge in [0.25, 0.3) is 0 Å². The molecule has 0 spiro atoms. The van der Waals surface area contributed by atoms with Crippen LogP contribution in [0.15, 0.2) is 54.6 Å². The number of allylic oxidation sites excluding steroid dienone is 1. The fraction of sp³-hybridized carbons (Fsp3) is 0.167. The van der Waals surface area contributed by atoms with Crippen LogP contribution in [-0.2, 0) is 11.3 Å². The van der Waals surface area contributed by atoms with Crippen molar-refractivity contribution in [2.45, 2.75) is 13.5 Å². The molecule has 0 radical (unpaired) electrons. The van der Waals surface area contributed by atoms with Crippen LogP contribution >= 0.6 is 0 Å². The Balaban J connectivity index is 2.32. The van der Waals surface area contributed by atoms with Crippen LogP contribution in [0.3, 0.4) is 0 Å². The maximum Gasteiger partial charge on any atom is 0.341 e. The second-order valence-electron chi connectivity index (χ2n) is 4.49. The molecule has 0 aromatic heterocycles. The Kier molecular flexibility index (Phi) is 5.16. The summed E-state index contributed by atoms with van der Waals surface area (Å²) in [7, 11) is 1.37. The lowest BCUT2D eigenvalue weighted by atomic mass is 10.1. The molecule has 3 heteroatoms. The van der Waals surface area contributed by atoms with Gasteiger partial charge in [-0.15, -0.1) is 0 Å². The molecule has 0 saturated heterocycles. The van der Waals surface area contributed by atoms with Crippen molar-refractivity contribution < 1.29 is 14.3 Å². The number of esters is 1. The van der Waals surface area contributed by atoms with E-state index in [1.165, 1.54) is 7.11 Å². The summed E-state index contributed by atoms with van der Waals surface area (Å²) in [6.45, 7) is 2.32. The van der Waals surface area contributed by atoms with Gasteiger partial charge in [0.15, 0.2) is 0 Å². The molecule has 0 unspecified atom stereocenters. The smallest absolute Gasteiger partial charge is 0.341 e. The number of para-hydroxylation sites is 1. The van der Waals surface area contributed by atoms with Crippen LogP contribution in [0.4, 0.5) is 0 Å².